The second-order valence-electron chi connectivity index (χ2n) is 10.9. The zero-order valence-corrected chi connectivity index (χ0v) is 22.0. The van der Waals surface area contributed by atoms with Gasteiger partial charge in [-0.25, -0.2) is 4.98 Å². The fraction of sp³-hybridized carbons (Fsp3) is 0.0833. The van der Waals surface area contributed by atoms with Gasteiger partial charge in [0, 0.05) is 33.5 Å². The molecule has 0 spiro atoms. The smallest absolute Gasteiger partial charge is 0.137 e. The van der Waals surface area contributed by atoms with Crippen molar-refractivity contribution in [3.05, 3.63) is 139 Å². The van der Waals surface area contributed by atoms with E-state index >= 15 is 0 Å². The van der Waals surface area contributed by atoms with Gasteiger partial charge in [-0.1, -0.05) is 92.7 Å². The summed E-state index contributed by atoms with van der Waals surface area (Å²) in [7, 11) is 0. The molecule has 5 aromatic carbocycles. The normalized spacial score (nSPS) is 13.6. The van der Waals surface area contributed by atoms with Crippen LogP contribution in [0.5, 0.6) is 0 Å². The number of anilines is 3. The van der Waals surface area contributed by atoms with E-state index in [1.165, 1.54) is 49.4 Å². The summed E-state index contributed by atoms with van der Waals surface area (Å²) in [6.45, 7) is 4.69. The van der Waals surface area contributed by atoms with E-state index in [1.807, 2.05) is 12.3 Å². The van der Waals surface area contributed by atoms with Crippen LogP contribution in [0.25, 0.3) is 38.3 Å². The molecule has 1 aliphatic rings. The van der Waals surface area contributed by atoms with E-state index in [2.05, 4.69) is 139 Å². The van der Waals surface area contributed by atoms with Gasteiger partial charge >= 0.3 is 0 Å². The Morgan fingerprint density at radius 3 is 2.28 bits per heavy atom. The lowest BCUT2D eigenvalue weighted by molar-refractivity contribution is 0.630. The standard InChI is InChI=1S/C36H27N3/c1-36(2)29-15-5-6-17-33(29)39-32-21-20-25(23-28(32)27-14-10-16-30(36)35(27)39)38(34-19-7-8-22-37-34)31-18-9-12-24-11-3-4-13-26(24)31/h3-23H,1-2H3. The highest BCUT2D eigenvalue weighted by atomic mass is 15.2. The van der Waals surface area contributed by atoms with Crippen molar-refractivity contribution in [2.24, 2.45) is 0 Å². The number of nitrogens with zero attached hydrogens (tertiary/aromatic N) is 3. The zero-order valence-electron chi connectivity index (χ0n) is 22.0. The van der Waals surface area contributed by atoms with E-state index in [9.17, 15) is 0 Å². The minimum Gasteiger partial charge on any atom is -0.309 e. The van der Waals surface area contributed by atoms with Crippen LogP contribution in [0, 0.1) is 0 Å². The van der Waals surface area contributed by atoms with Gasteiger partial charge < -0.3 is 4.57 Å². The number of pyridine rings is 1. The van der Waals surface area contributed by atoms with Gasteiger partial charge in [0.1, 0.15) is 5.82 Å². The second kappa shape index (κ2) is 8.05. The fourth-order valence-electron chi connectivity index (χ4n) is 6.58. The van der Waals surface area contributed by atoms with Crippen molar-refractivity contribution in [2.75, 3.05) is 4.90 Å². The molecule has 0 saturated heterocycles. The largest absolute Gasteiger partial charge is 0.309 e. The Morgan fingerprint density at radius 1 is 0.641 bits per heavy atom. The van der Waals surface area contributed by atoms with E-state index in [-0.39, 0.29) is 5.41 Å². The molecule has 0 bridgehead atoms. The zero-order chi connectivity index (χ0) is 26.1. The molecule has 7 aromatic rings. The van der Waals surface area contributed by atoms with Gasteiger partial charge in [-0.15, -0.1) is 0 Å². The maximum Gasteiger partial charge on any atom is 0.137 e. The third kappa shape index (κ3) is 3.07. The first-order valence-electron chi connectivity index (χ1n) is 13.5. The minimum atomic E-state index is -0.0771. The average molecular weight is 502 g/mol. The van der Waals surface area contributed by atoms with Crippen molar-refractivity contribution < 1.29 is 0 Å². The first kappa shape index (κ1) is 22.1. The van der Waals surface area contributed by atoms with Crippen molar-refractivity contribution in [1.82, 2.24) is 9.55 Å². The van der Waals surface area contributed by atoms with Crippen LogP contribution in [0.1, 0.15) is 25.0 Å². The summed E-state index contributed by atoms with van der Waals surface area (Å²) in [5, 5.41) is 4.94. The second-order valence-corrected chi connectivity index (χ2v) is 10.9. The molecular weight excluding hydrogens is 474 g/mol. The molecule has 8 rings (SSSR count). The lowest BCUT2D eigenvalue weighted by Crippen LogP contribution is -2.26. The molecule has 0 aliphatic carbocycles. The van der Waals surface area contributed by atoms with Crippen LogP contribution in [0.4, 0.5) is 17.2 Å². The lowest BCUT2D eigenvalue weighted by Gasteiger charge is -2.34. The van der Waals surface area contributed by atoms with E-state index in [0.717, 1.165) is 17.2 Å². The monoisotopic (exact) mass is 501 g/mol. The highest BCUT2D eigenvalue weighted by Crippen LogP contribution is 2.48. The molecule has 2 aromatic heterocycles. The van der Waals surface area contributed by atoms with Crippen molar-refractivity contribution in [2.45, 2.75) is 19.3 Å². The van der Waals surface area contributed by atoms with Gasteiger partial charge in [0.2, 0.25) is 0 Å². The SMILES string of the molecule is CC1(C)c2ccccc2-n2c3ccc(N(c4ccccn4)c4cccc5ccccc45)cc3c3cccc1c32. The number of fused-ring (bicyclic) bond motifs is 6. The van der Waals surface area contributed by atoms with Crippen LogP contribution in [-0.2, 0) is 5.41 Å². The third-order valence-corrected chi connectivity index (χ3v) is 8.41. The summed E-state index contributed by atoms with van der Waals surface area (Å²) in [5.74, 6) is 0.897. The molecule has 0 fully saturated rings. The first-order valence-corrected chi connectivity index (χ1v) is 13.5. The predicted molar refractivity (Wildman–Crippen MR) is 163 cm³/mol. The number of benzene rings is 5. The van der Waals surface area contributed by atoms with E-state index in [0.29, 0.717) is 0 Å². The van der Waals surface area contributed by atoms with Crippen molar-refractivity contribution >= 4 is 49.8 Å². The van der Waals surface area contributed by atoms with E-state index in [1.54, 1.807) is 0 Å². The summed E-state index contributed by atoms with van der Waals surface area (Å²) >= 11 is 0. The quantitative estimate of drug-likeness (QED) is 0.240. The number of aromatic nitrogens is 2. The van der Waals surface area contributed by atoms with E-state index in [4.69, 9.17) is 4.98 Å². The summed E-state index contributed by atoms with van der Waals surface area (Å²) in [5.41, 5.74) is 8.66. The molecule has 3 heterocycles. The van der Waals surface area contributed by atoms with E-state index < -0.39 is 0 Å². The molecule has 1 aliphatic heterocycles. The predicted octanol–water partition coefficient (Wildman–Crippen LogP) is 9.44. The van der Waals surface area contributed by atoms with Crippen LogP contribution in [0.3, 0.4) is 0 Å². The maximum atomic E-state index is 4.80. The van der Waals surface area contributed by atoms with Gasteiger partial charge in [-0.2, -0.15) is 0 Å². The van der Waals surface area contributed by atoms with Crippen LogP contribution in [0.15, 0.2) is 128 Å². The van der Waals surface area contributed by atoms with Gasteiger partial charge in [-0.3, -0.25) is 4.90 Å². The molecular formula is C36H27N3. The molecule has 0 saturated carbocycles. The minimum absolute atomic E-state index is 0.0771. The van der Waals surface area contributed by atoms with Gasteiger partial charge in [0.25, 0.3) is 0 Å². The maximum absolute atomic E-state index is 4.80. The topological polar surface area (TPSA) is 21.1 Å². The Kier molecular flexibility index (Phi) is 4.57. The van der Waals surface area contributed by atoms with Crippen molar-refractivity contribution in [3.8, 4) is 5.69 Å². The van der Waals surface area contributed by atoms with Gasteiger partial charge in [0.05, 0.1) is 22.4 Å². The summed E-state index contributed by atoms with van der Waals surface area (Å²) in [4.78, 5) is 7.08. The molecule has 0 radical (unpaired) electrons. The summed E-state index contributed by atoms with van der Waals surface area (Å²) in [6.07, 6.45) is 1.87. The Bertz CT molecular complexity index is 2040. The Balaban J connectivity index is 1.45. The summed E-state index contributed by atoms with van der Waals surface area (Å²) < 4.78 is 2.47. The third-order valence-electron chi connectivity index (χ3n) is 8.41. The lowest BCUT2D eigenvalue weighted by atomic mass is 9.75. The number of hydrogen-bond donors (Lipinski definition) is 0. The molecule has 0 unspecified atom stereocenters. The first-order chi connectivity index (χ1) is 19.1. The van der Waals surface area contributed by atoms with Gasteiger partial charge in [0.15, 0.2) is 0 Å². The molecule has 3 heteroatoms. The van der Waals surface area contributed by atoms with Gasteiger partial charge in [-0.05, 0) is 59.0 Å². The van der Waals surface area contributed by atoms with Crippen LogP contribution in [0.2, 0.25) is 0 Å². The Labute approximate surface area is 227 Å². The Morgan fingerprint density at radius 2 is 1.38 bits per heavy atom. The highest BCUT2D eigenvalue weighted by Gasteiger charge is 2.34. The molecule has 39 heavy (non-hydrogen) atoms. The average Bonchev–Trinajstić information content (AvgIpc) is 3.31. The molecule has 0 amide bonds. The van der Waals surface area contributed by atoms with Crippen LogP contribution >= 0.6 is 0 Å². The fourth-order valence-corrected chi connectivity index (χ4v) is 6.58. The number of rotatable bonds is 3. The van der Waals surface area contributed by atoms with Crippen LogP contribution in [-0.4, -0.2) is 9.55 Å². The highest BCUT2D eigenvalue weighted by molar-refractivity contribution is 6.13. The molecule has 186 valence electrons. The number of para-hydroxylation sites is 2. The van der Waals surface area contributed by atoms with Crippen molar-refractivity contribution in [1.29, 1.82) is 0 Å². The van der Waals surface area contributed by atoms with Crippen LogP contribution < -0.4 is 4.90 Å². The molecule has 3 nitrogen and oxygen atoms in total. The summed E-state index contributed by atoms with van der Waals surface area (Å²) in [6, 6.07) is 43.7. The van der Waals surface area contributed by atoms with Crippen molar-refractivity contribution in [3.63, 3.8) is 0 Å². The number of hydrogen-bond acceptors (Lipinski definition) is 2. The Hall–Kier alpha value is -4.89. The molecule has 0 atom stereocenters. The molecule has 0 N–H and O–H groups in total.